The third-order valence-electron chi connectivity index (χ3n) is 4.16. The molecule has 0 spiro atoms. The first-order valence-electron chi connectivity index (χ1n) is 8.20. The van der Waals surface area contributed by atoms with E-state index in [1.807, 2.05) is 60.7 Å². The van der Waals surface area contributed by atoms with Crippen LogP contribution in [-0.2, 0) is 0 Å². The second kappa shape index (κ2) is 6.65. The summed E-state index contributed by atoms with van der Waals surface area (Å²) in [5.74, 6) is 1.68. The van der Waals surface area contributed by atoms with Crippen LogP contribution in [0.15, 0.2) is 84.9 Å². The van der Waals surface area contributed by atoms with Crippen molar-refractivity contribution in [1.82, 2.24) is 4.98 Å². The van der Waals surface area contributed by atoms with Gasteiger partial charge in [-0.15, -0.1) is 0 Å². The Bertz CT molecular complexity index is 995. The van der Waals surface area contributed by atoms with E-state index in [4.69, 9.17) is 9.72 Å². The van der Waals surface area contributed by atoms with Gasteiger partial charge in [0.2, 0.25) is 0 Å². The fraction of sp³-hybridized carbons (Fsp3) is 0.0455. The van der Waals surface area contributed by atoms with Crippen molar-refractivity contribution in [2.24, 2.45) is 0 Å². The van der Waals surface area contributed by atoms with Gasteiger partial charge in [-0.3, -0.25) is 0 Å². The molecule has 4 rings (SSSR count). The van der Waals surface area contributed by atoms with Gasteiger partial charge in [-0.1, -0.05) is 48.5 Å². The molecule has 3 nitrogen and oxygen atoms in total. The molecule has 0 unspecified atom stereocenters. The molecule has 1 aromatic heterocycles. The summed E-state index contributed by atoms with van der Waals surface area (Å²) in [7, 11) is 1.68. The average molecular weight is 326 g/mol. The highest BCUT2D eigenvalue weighted by Crippen LogP contribution is 2.32. The van der Waals surface area contributed by atoms with Gasteiger partial charge < -0.3 is 10.1 Å². The zero-order valence-electron chi connectivity index (χ0n) is 13.9. The van der Waals surface area contributed by atoms with E-state index < -0.39 is 0 Å². The molecule has 3 aromatic carbocycles. The van der Waals surface area contributed by atoms with E-state index in [2.05, 4.69) is 29.6 Å². The monoisotopic (exact) mass is 326 g/mol. The van der Waals surface area contributed by atoms with Gasteiger partial charge in [0.15, 0.2) is 0 Å². The van der Waals surface area contributed by atoms with Crippen LogP contribution in [0.3, 0.4) is 0 Å². The van der Waals surface area contributed by atoms with Crippen LogP contribution in [0.25, 0.3) is 22.0 Å². The van der Waals surface area contributed by atoms with Crippen LogP contribution < -0.4 is 10.1 Å². The van der Waals surface area contributed by atoms with Crippen molar-refractivity contribution in [1.29, 1.82) is 0 Å². The quantitative estimate of drug-likeness (QED) is 0.526. The molecule has 0 saturated carbocycles. The van der Waals surface area contributed by atoms with E-state index in [9.17, 15) is 0 Å². The summed E-state index contributed by atoms with van der Waals surface area (Å²) in [5, 5.41) is 4.52. The number of hydrogen-bond donors (Lipinski definition) is 1. The van der Waals surface area contributed by atoms with Crippen molar-refractivity contribution in [3.63, 3.8) is 0 Å². The van der Waals surface area contributed by atoms with E-state index >= 15 is 0 Å². The number of ether oxygens (including phenoxy) is 1. The van der Waals surface area contributed by atoms with E-state index in [-0.39, 0.29) is 0 Å². The number of nitrogens with zero attached hydrogens (tertiary/aromatic N) is 1. The predicted octanol–water partition coefficient (Wildman–Crippen LogP) is 5.65. The fourth-order valence-corrected chi connectivity index (χ4v) is 2.92. The Kier molecular flexibility index (Phi) is 4.05. The molecule has 0 aliphatic rings. The summed E-state index contributed by atoms with van der Waals surface area (Å²) < 4.78 is 5.27. The van der Waals surface area contributed by atoms with E-state index in [0.29, 0.717) is 0 Å². The van der Waals surface area contributed by atoms with Crippen molar-refractivity contribution < 1.29 is 4.74 Å². The third kappa shape index (κ3) is 3.17. The van der Waals surface area contributed by atoms with E-state index in [0.717, 1.165) is 39.3 Å². The van der Waals surface area contributed by atoms with Crippen molar-refractivity contribution in [2.45, 2.75) is 0 Å². The van der Waals surface area contributed by atoms with Crippen molar-refractivity contribution in [3.05, 3.63) is 84.9 Å². The summed E-state index contributed by atoms with van der Waals surface area (Å²) in [4.78, 5) is 4.75. The molecule has 0 aliphatic carbocycles. The lowest BCUT2D eigenvalue weighted by atomic mass is 10.0. The van der Waals surface area contributed by atoms with Crippen molar-refractivity contribution >= 4 is 22.4 Å². The largest absolute Gasteiger partial charge is 0.497 e. The van der Waals surface area contributed by atoms with Gasteiger partial charge in [0, 0.05) is 11.1 Å². The Morgan fingerprint density at radius 3 is 2.28 bits per heavy atom. The number of aromatic nitrogens is 1. The lowest BCUT2D eigenvalue weighted by Crippen LogP contribution is -1.95. The molecule has 3 heteroatoms. The average Bonchev–Trinajstić information content (AvgIpc) is 2.68. The number of pyridine rings is 1. The Morgan fingerprint density at radius 2 is 1.52 bits per heavy atom. The van der Waals surface area contributed by atoms with Crippen LogP contribution >= 0.6 is 0 Å². The van der Waals surface area contributed by atoms with Gasteiger partial charge >= 0.3 is 0 Å². The first kappa shape index (κ1) is 15.2. The van der Waals surface area contributed by atoms with Gasteiger partial charge in [-0.05, 0) is 47.5 Å². The maximum absolute atomic E-state index is 5.27. The molecule has 0 saturated heterocycles. The molecule has 1 N–H and O–H groups in total. The topological polar surface area (TPSA) is 34.1 Å². The van der Waals surface area contributed by atoms with Crippen LogP contribution in [0.1, 0.15) is 0 Å². The van der Waals surface area contributed by atoms with Crippen LogP contribution in [-0.4, -0.2) is 12.1 Å². The molecule has 4 aromatic rings. The number of methoxy groups -OCH3 is 1. The molecule has 0 radical (unpaired) electrons. The molecule has 0 atom stereocenters. The van der Waals surface area contributed by atoms with Gasteiger partial charge in [0.05, 0.1) is 12.6 Å². The molecule has 0 aliphatic heterocycles. The standard InChI is InChI=1S/C22H18N2O/c1-25-18-13-11-16(12-14-18)20-15-22(23-17-7-3-2-4-8-17)24-21-10-6-5-9-19(20)21/h2-15H,1H3,(H,23,24). The van der Waals surface area contributed by atoms with Gasteiger partial charge in [0.1, 0.15) is 11.6 Å². The SMILES string of the molecule is COc1ccc(-c2cc(Nc3ccccc3)nc3ccccc23)cc1. The first-order valence-corrected chi connectivity index (χ1v) is 8.20. The Morgan fingerprint density at radius 1 is 0.800 bits per heavy atom. The molecular weight excluding hydrogens is 308 g/mol. The normalized spacial score (nSPS) is 10.6. The minimum absolute atomic E-state index is 0.829. The highest BCUT2D eigenvalue weighted by molar-refractivity contribution is 5.96. The van der Waals surface area contributed by atoms with Crippen LogP contribution in [0, 0.1) is 0 Å². The minimum atomic E-state index is 0.829. The molecule has 0 amide bonds. The molecule has 122 valence electrons. The number of nitrogens with one attached hydrogen (secondary N) is 1. The van der Waals surface area contributed by atoms with Gasteiger partial charge in [-0.2, -0.15) is 0 Å². The Hall–Kier alpha value is -3.33. The fourth-order valence-electron chi connectivity index (χ4n) is 2.92. The first-order chi connectivity index (χ1) is 12.3. The predicted molar refractivity (Wildman–Crippen MR) is 103 cm³/mol. The number of fused-ring (bicyclic) bond motifs is 1. The van der Waals surface area contributed by atoms with Crippen molar-refractivity contribution in [3.8, 4) is 16.9 Å². The van der Waals surface area contributed by atoms with E-state index in [1.165, 1.54) is 0 Å². The second-order valence-corrected chi connectivity index (χ2v) is 5.79. The van der Waals surface area contributed by atoms with Crippen LogP contribution in [0.5, 0.6) is 5.75 Å². The molecule has 0 fully saturated rings. The van der Waals surface area contributed by atoms with Crippen molar-refractivity contribution in [2.75, 3.05) is 12.4 Å². The smallest absolute Gasteiger partial charge is 0.131 e. The Balaban J connectivity index is 1.83. The van der Waals surface area contributed by atoms with Crippen LogP contribution in [0.2, 0.25) is 0 Å². The lowest BCUT2D eigenvalue weighted by molar-refractivity contribution is 0.415. The Labute approximate surface area is 146 Å². The number of rotatable bonds is 4. The highest BCUT2D eigenvalue weighted by Gasteiger charge is 2.08. The van der Waals surface area contributed by atoms with E-state index in [1.54, 1.807) is 7.11 Å². The molecular formula is C22H18N2O. The number of benzene rings is 3. The zero-order chi connectivity index (χ0) is 17.1. The zero-order valence-corrected chi connectivity index (χ0v) is 13.9. The molecule has 1 heterocycles. The van der Waals surface area contributed by atoms with Gasteiger partial charge in [-0.25, -0.2) is 4.98 Å². The summed E-state index contributed by atoms with van der Waals surface area (Å²) in [5.41, 5.74) is 4.27. The minimum Gasteiger partial charge on any atom is -0.497 e. The van der Waals surface area contributed by atoms with Crippen LogP contribution in [0.4, 0.5) is 11.5 Å². The number of anilines is 2. The summed E-state index contributed by atoms with van der Waals surface area (Å²) >= 11 is 0. The molecule has 25 heavy (non-hydrogen) atoms. The number of para-hydroxylation sites is 2. The maximum atomic E-state index is 5.27. The highest BCUT2D eigenvalue weighted by atomic mass is 16.5. The molecule has 0 bridgehead atoms. The summed E-state index contributed by atoms with van der Waals surface area (Å²) in [6.45, 7) is 0. The second-order valence-electron chi connectivity index (χ2n) is 5.79. The third-order valence-corrected chi connectivity index (χ3v) is 4.16. The summed E-state index contributed by atoms with van der Waals surface area (Å²) in [6.07, 6.45) is 0. The lowest BCUT2D eigenvalue weighted by Gasteiger charge is -2.12. The maximum Gasteiger partial charge on any atom is 0.131 e. The number of hydrogen-bond acceptors (Lipinski definition) is 3. The van der Waals surface area contributed by atoms with Gasteiger partial charge in [0.25, 0.3) is 0 Å². The summed E-state index contributed by atoms with van der Waals surface area (Å²) in [6, 6.07) is 28.5.